The molecule has 0 aromatic carbocycles. The van der Waals surface area contributed by atoms with E-state index in [1.54, 1.807) is 6.08 Å². The van der Waals surface area contributed by atoms with Crippen molar-refractivity contribution in [2.75, 3.05) is 6.61 Å². The van der Waals surface area contributed by atoms with Gasteiger partial charge in [-0.1, -0.05) is 88.1 Å². The highest BCUT2D eigenvalue weighted by molar-refractivity contribution is 5.76. The van der Waals surface area contributed by atoms with E-state index >= 15 is 0 Å². The van der Waals surface area contributed by atoms with Crippen LogP contribution >= 0.6 is 0 Å². The van der Waals surface area contributed by atoms with Crippen LogP contribution in [-0.4, -0.2) is 34.9 Å². The minimum absolute atomic E-state index is 0.0981. The molecule has 3 N–H and O–H groups in total. The largest absolute Gasteiger partial charge is 0.394 e. The standard InChI is InChI=1S/C28H49NO3/c1-3-5-7-9-11-13-15-17-19-21-23-27(31)26(25-30)29-28(32)24-22-20-18-16-14-12-10-8-6-4-2/h5,7-8,10,13,15,21,23,26-27,30-31H,3-4,6,9,11-12,14,16-20,22,24-25H2,1-2H3,(H,29,32)/b7-5+,10-8-,15-13+,23-21+. The van der Waals surface area contributed by atoms with Crippen LogP contribution in [0.5, 0.6) is 0 Å². The molecule has 0 aliphatic rings. The molecule has 32 heavy (non-hydrogen) atoms. The maximum Gasteiger partial charge on any atom is 0.220 e. The Morgan fingerprint density at radius 3 is 1.97 bits per heavy atom. The van der Waals surface area contributed by atoms with Crippen LogP contribution in [0.3, 0.4) is 0 Å². The van der Waals surface area contributed by atoms with Gasteiger partial charge in [-0.25, -0.2) is 0 Å². The van der Waals surface area contributed by atoms with Crippen LogP contribution in [0.15, 0.2) is 48.6 Å². The Kier molecular flexibility index (Phi) is 22.8. The fourth-order valence-corrected chi connectivity index (χ4v) is 3.27. The van der Waals surface area contributed by atoms with Crippen molar-refractivity contribution >= 4 is 5.91 Å². The van der Waals surface area contributed by atoms with Gasteiger partial charge in [0.1, 0.15) is 0 Å². The molecule has 2 unspecified atom stereocenters. The molecule has 0 aliphatic carbocycles. The summed E-state index contributed by atoms with van der Waals surface area (Å²) < 4.78 is 0. The van der Waals surface area contributed by atoms with Crippen LogP contribution in [0.2, 0.25) is 0 Å². The lowest BCUT2D eigenvalue weighted by Gasteiger charge is -2.19. The number of hydrogen-bond acceptors (Lipinski definition) is 3. The Hall–Kier alpha value is -1.65. The minimum atomic E-state index is -0.868. The predicted molar refractivity (Wildman–Crippen MR) is 138 cm³/mol. The number of hydrogen-bond donors (Lipinski definition) is 3. The molecule has 0 aromatic heterocycles. The summed E-state index contributed by atoms with van der Waals surface area (Å²) in [5.41, 5.74) is 0. The number of amides is 1. The van der Waals surface area contributed by atoms with E-state index in [0.29, 0.717) is 6.42 Å². The smallest absolute Gasteiger partial charge is 0.220 e. The number of aliphatic hydroxyl groups is 2. The topological polar surface area (TPSA) is 69.6 Å². The first kappa shape index (κ1) is 30.4. The third-order valence-electron chi connectivity index (χ3n) is 5.25. The van der Waals surface area contributed by atoms with Gasteiger partial charge in [-0.05, 0) is 57.8 Å². The van der Waals surface area contributed by atoms with Crippen LogP contribution in [0.4, 0.5) is 0 Å². The zero-order chi connectivity index (χ0) is 23.7. The molecule has 0 saturated carbocycles. The van der Waals surface area contributed by atoms with Crippen molar-refractivity contribution in [3.8, 4) is 0 Å². The Morgan fingerprint density at radius 2 is 1.31 bits per heavy atom. The monoisotopic (exact) mass is 447 g/mol. The summed E-state index contributed by atoms with van der Waals surface area (Å²) in [5.74, 6) is -0.0981. The number of carbonyl (C=O) groups is 1. The number of allylic oxidation sites excluding steroid dienone is 7. The van der Waals surface area contributed by atoms with Gasteiger partial charge < -0.3 is 15.5 Å². The average molecular weight is 448 g/mol. The zero-order valence-electron chi connectivity index (χ0n) is 20.7. The molecule has 184 valence electrons. The van der Waals surface area contributed by atoms with E-state index < -0.39 is 12.1 Å². The van der Waals surface area contributed by atoms with E-state index in [0.717, 1.165) is 57.8 Å². The van der Waals surface area contributed by atoms with Gasteiger partial charge >= 0.3 is 0 Å². The summed E-state index contributed by atoms with van der Waals surface area (Å²) in [7, 11) is 0. The molecule has 0 spiro atoms. The van der Waals surface area contributed by atoms with Crippen molar-refractivity contribution in [2.24, 2.45) is 0 Å². The second kappa shape index (κ2) is 24.0. The highest BCUT2D eigenvalue weighted by Gasteiger charge is 2.17. The van der Waals surface area contributed by atoms with E-state index in [-0.39, 0.29) is 12.5 Å². The average Bonchev–Trinajstić information content (AvgIpc) is 2.79. The van der Waals surface area contributed by atoms with Crippen molar-refractivity contribution in [3.63, 3.8) is 0 Å². The van der Waals surface area contributed by atoms with Crippen LogP contribution in [0.1, 0.15) is 104 Å². The molecule has 1 amide bonds. The molecule has 0 fully saturated rings. The van der Waals surface area contributed by atoms with E-state index in [9.17, 15) is 15.0 Å². The first-order valence-electron chi connectivity index (χ1n) is 12.9. The van der Waals surface area contributed by atoms with Gasteiger partial charge in [0.05, 0.1) is 18.8 Å². The zero-order valence-corrected chi connectivity index (χ0v) is 20.7. The SMILES string of the molecule is CC/C=C/CC/C=C/CC/C=C/C(O)C(CO)NC(=O)CCCCCCC/C=C\CCC. The molecular formula is C28H49NO3. The second-order valence-corrected chi connectivity index (χ2v) is 8.35. The minimum Gasteiger partial charge on any atom is -0.394 e. The third kappa shape index (κ3) is 20.3. The lowest BCUT2D eigenvalue weighted by atomic mass is 10.1. The molecule has 0 saturated heterocycles. The summed E-state index contributed by atoms with van der Waals surface area (Å²) in [6.45, 7) is 4.06. The summed E-state index contributed by atoms with van der Waals surface area (Å²) in [6, 6.07) is -0.644. The fraction of sp³-hybridized carbons (Fsp3) is 0.679. The van der Waals surface area contributed by atoms with E-state index in [1.165, 1.54) is 25.7 Å². The van der Waals surface area contributed by atoms with Crippen LogP contribution in [0, 0.1) is 0 Å². The van der Waals surface area contributed by atoms with Crippen molar-refractivity contribution in [3.05, 3.63) is 48.6 Å². The third-order valence-corrected chi connectivity index (χ3v) is 5.25. The van der Waals surface area contributed by atoms with Gasteiger partial charge in [0, 0.05) is 6.42 Å². The maximum absolute atomic E-state index is 12.1. The van der Waals surface area contributed by atoms with Gasteiger partial charge in [0.25, 0.3) is 0 Å². The van der Waals surface area contributed by atoms with Gasteiger partial charge in [-0.3, -0.25) is 4.79 Å². The summed E-state index contributed by atoms with van der Waals surface area (Å²) in [6.07, 6.45) is 30.4. The van der Waals surface area contributed by atoms with Gasteiger partial charge in [0.15, 0.2) is 0 Å². The van der Waals surface area contributed by atoms with Crippen LogP contribution < -0.4 is 5.32 Å². The molecule has 4 nitrogen and oxygen atoms in total. The highest BCUT2D eigenvalue weighted by atomic mass is 16.3. The molecule has 4 heteroatoms. The molecule has 0 bridgehead atoms. The number of unbranched alkanes of at least 4 members (excludes halogenated alkanes) is 8. The number of rotatable bonds is 21. The molecule has 0 heterocycles. The molecule has 0 rings (SSSR count). The molecule has 0 aliphatic heterocycles. The first-order chi connectivity index (χ1) is 15.7. The van der Waals surface area contributed by atoms with E-state index in [2.05, 4.69) is 55.6 Å². The number of carbonyl (C=O) groups excluding carboxylic acids is 1. The Balaban J connectivity index is 3.86. The van der Waals surface area contributed by atoms with Gasteiger partial charge in [-0.15, -0.1) is 0 Å². The van der Waals surface area contributed by atoms with Crippen LogP contribution in [0.25, 0.3) is 0 Å². The van der Waals surface area contributed by atoms with E-state index in [4.69, 9.17) is 0 Å². The quantitative estimate of drug-likeness (QED) is 0.138. The van der Waals surface area contributed by atoms with Crippen molar-refractivity contribution in [1.29, 1.82) is 0 Å². The summed E-state index contributed by atoms with van der Waals surface area (Å²) in [4.78, 5) is 12.1. The molecular weight excluding hydrogens is 398 g/mol. The Morgan fingerprint density at radius 1 is 0.750 bits per heavy atom. The van der Waals surface area contributed by atoms with Crippen LogP contribution in [-0.2, 0) is 4.79 Å². The first-order valence-corrected chi connectivity index (χ1v) is 12.9. The van der Waals surface area contributed by atoms with E-state index in [1.807, 2.05) is 6.08 Å². The normalized spacial score (nSPS) is 14.2. The second-order valence-electron chi connectivity index (χ2n) is 8.35. The lowest BCUT2D eigenvalue weighted by Crippen LogP contribution is -2.45. The molecule has 2 atom stereocenters. The van der Waals surface area contributed by atoms with Gasteiger partial charge in [0.2, 0.25) is 5.91 Å². The number of nitrogens with one attached hydrogen (secondary N) is 1. The predicted octanol–water partition coefficient (Wildman–Crippen LogP) is 6.55. The van der Waals surface area contributed by atoms with Crippen molar-refractivity contribution < 1.29 is 15.0 Å². The lowest BCUT2D eigenvalue weighted by molar-refractivity contribution is -0.123. The molecule has 0 radical (unpaired) electrons. The van der Waals surface area contributed by atoms with Crippen molar-refractivity contribution in [2.45, 2.75) is 116 Å². The summed E-state index contributed by atoms with van der Waals surface area (Å²) in [5, 5.41) is 22.5. The maximum atomic E-state index is 12.1. The fourth-order valence-electron chi connectivity index (χ4n) is 3.27. The molecule has 0 aromatic rings. The summed E-state index contributed by atoms with van der Waals surface area (Å²) >= 11 is 0. The highest BCUT2D eigenvalue weighted by Crippen LogP contribution is 2.08. The van der Waals surface area contributed by atoms with Gasteiger partial charge in [-0.2, -0.15) is 0 Å². The van der Waals surface area contributed by atoms with Crippen molar-refractivity contribution in [1.82, 2.24) is 5.32 Å². The Labute approximate surface area is 197 Å². The number of aliphatic hydroxyl groups excluding tert-OH is 2. The Bertz CT molecular complexity index is 537.